The maximum atomic E-state index is 5.54. The van der Waals surface area contributed by atoms with Crippen LogP contribution in [0.15, 0.2) is 34.3 Å². The molecular formula is C9H13N5. The van der Waals surface area contributed by atoms with Crippen LogP contribution in [0, 0.1) is 0 Å². The van der Waals surface area contributed by atoms with Crippen LogP contribution in [0.4, 0.5) is 0 Å². The molecule has 1 aliphatic heterocycles. The Balaban J connectivity index is 2.04. The van der Waals surface area contributed by atoms with Crippen LogP contribution in [0.25, 0.3) is 0 Å². The minimum absolute atomic E-state index is 0.175. The number of allylic oxidation sites excluding steroid dienone is 2. The second-order valence-corrected chi connectivity index (χ2v) is 3.10. The first-order chi connectivity index (χ1) is 6.79. The third kappa shape index (κ3) is 1.67. The summed E-state index contributed by atoms with van der Waals surface area (Å²) in [7, 11) is 1.64. The first-order valence-corrected chi connectivity index (χ1v) is 4.47. The van der Waals surface area contributed by atoms with E-state index < -0.39 is 0 Å². The molecule has 5 heteroatoms. The molecule has 0 fully saturated rings. The van der Waals surface area contributed by atoms with Crippen molar-refractivity contribution in [1.82, 2.24) is 10.6 Å². The molecule has 4 N–H and O–H groups in total. The van der Waals surface area contributed by atoms with E-state index in [-0.39, 0.29) is 12.3 Å². The van der Waals surface area contributed by atoms with Gasteiger partial charge in [-0.25, -0.2) is 4.99 Å². The molecule has 2 rings (SSSR count). The van der Waals surface area contributed by atoms with Gasteiger partial charge >= 0.3 is 0 Å². The molecule has 1 aliphatic carbocycles. The highest BCUT2D eigenvalue weighted by molar-refractivity contribution is 6.03. The van der Waals surface area contributed by atoms with Crippen LogP contribution in [0.2, 0.25) is 0 Å². The average Bonchev–Trinajstić information content (AvgIpc) is 2.59. The number of fused-ring (bicyclic) bond motifs is 1. The summed E-state index contributed by atoms with van der Waals surface area (Å²) in [6.07, 6.45) is 7.83. The lowest BCUT2D eigenvalue weighted by Crippen LogP contribution is -2.47. The summed E-state index contributed by atoms with van der Waals surface area (Å²) < 4.78 is 0. The molecule has 0 saturated heterocycles. The summed E-state index contributed by atoms with van der Waals surface area (Å²) in [5.41, 5.74) is 6.56. The Kier molecular flexibility index (Phi) is 2.32. The fourth-order valence-corrected chi connectivity index (χ4v) is 1.43. The van der Waals surface area contributed by atoms with E-state index in [1.165, 1.54) is 0 Å². The first-order valence-electron chi connectivity index (χ1n) is 4.47. The Morgan fingerprint density at radius 1 is 1.64 bits per heavy atom. The lowest BCUT2D eigenvalue weighted by molar-refractivity contribution is 0.540. The Hall–Kier alpha value is -1.62. The number of hydrogen-bond donors (Lipinski definition) is 3. The largest absolute Gasteiger partial charge is 0.370 e. The maximum absolute atomic E-state index is 5.54. The van der Waals surface area contributed by atoms with Crippen molar-refractivity contribution in [1.29, 1.82) is 0 Å². The van der Waals surface area contributed by atoms with E-state index >= 15 is 0 Å². The van der Waals surface area contributed by atoms with Gasteiger partial charge in [-0.05, 0) is 6.08 Å². The van der Waals surface area contributed by atoms with E-state index in [0.29, 0.717) is 5.96 Å². The molecular weight excluding hydrogens is 178 g/mol. The normalized spacial score (nSPS) is 30.1. The summed E-state index contributed by atoms with van der Waals surface area (Å²) in [4.78, 5) is 8.20. The quantitative estimate of drug-likeness (QED) is 0.380. The maximum Gasteiger partial charge on any atom is 0.191 e. The van der Waals surface area contributed by atoms with E-state index in [1.54, 1.807) is 7.05 Å². The van der Waals surface area contributed by atoms with Gasteiger partial charge in [-0.1, -0.05) is 18.2 Å². The van der Waals surface area contributed by atoms with Gasteiger partial charge in [-0.15, -0.1) is 0 Å². The molecule has 0 aromatic heterocycles. The Morgan fingerprint density at radius 3 is 3.21 bits per heavy atom. The van der Waals surface area contributed by atoms with Crippen LogP contribution in [0.1, 0.15) is 0 Å². The zero-order valence-electron chi connectivity index (χ0n) is 7.94. The number of aliphatic imine (C=N–C) groups is 2. The van der Waals surface area contributed by atoms with Crippen molar-refractivity contribution < 1.29 is 0 Å². The number of nitrogens with one attached hydrogen (secondary N) is 2. The van der Waals surface area contributed by atoms with Crippen LogP contribution >= 0.6 is 0 Å². The molecule has 5 nitrogen and oxygen atoms in total. The number of rotatable bonds is 1. The number of guanidine groups is 1. The fourth-order valence-electron chi connectivity index (χ4n) is 1.43. The summed E-state index contributed by atoms with van der Waals surface area (Å²) in [6, 6.07) is 0.196. The number of hydrogen-bond acceptors (Lipinski definition) is 3. The van der Waals surface area contributed by atoms with Gasteiger partial charge in [0, 0.05) is 7.05 Å². The highest BCUT2D eigenvalue weighted by Crippen LogP contribution is 2.09. The van der Waals surface area contributed by atoms with E-state index in [4.69, 9.17) is 5.73 Å². The molecule has 2 atom stereocenters. The SMILES string of the molecule is CN=C(N)NC1N=C2C=CC=CC2N1. The highest BCUT2D eigenvalue weighted by atomic mass is 15.3. The van der Waals surface area contributed by atoms with Crippen LogP contribution < -0.4 is 16.4 Å². The van der Waals surface area contributed by atoms with Crippen LogP contribution in [-0.4, -0.2) is 31.1 Å². The van der Waals surface area contributed by atoms with Crippen LogP contribution in [0.5, 0.6) is 0 Å². The monoisotopic (exact) mass is 191 g/mol. The molecule has 0 bridgehead atoms. The minimum Gasteiger partial charge on any atom is -0.370 e. The van der Waals surface area contributed by atoms with Crippen molar-refractivity contribution >= 4 is 11.7 Å². The third-order valence-corrected chi connectivity index (χ3v) is 2.14. The van der Waals surface area contributed by atoms with Crippen LogP contribution in [0.3, 0.4) is 0 Å². The van der Waals surface area contributed by atoms with Crippen molar-refractivity contribution in [3.8, 4) is 0 Å². The molecule has 2 unspecified atom stereocenters. The molecule has 0 spiro atoms. The topological polar surface area (TPSA) is 74.8 Å². The smallest absolute Gasteiger partial charge is 0.191 e. The molecule has 0 radical (unpaired) electrons. The van der Waals surface area contributed by atoms with Gasteiger partial charge in [0.25, 0.3) is 0 Å². The molecule has 0 aromatic rings. The van der Waals surface area contributed by atoms with Gasteiger partial charge < -0.3 is 11.1 Å². The van der Waals surface area contributed by atoms with E-state index in [0.717, 1.165) is 5.71 Å². The van der Waals surface area contributed by atoms with Crippen molar-refractivity contribution in [2.75, 3.05) is 7.05 Å². The molecule has 0 aromatic carbocycles. The predicted molar refractivity (Wildman–Crippen MR) is 57.1 cm³/mol. The van der Waals surface area contributed by atoms with E-state index in [2.05, 4.69) is 26.7 Å². The lowest BCUT2D eigenvalue weighted by Gasteiger charge is -2.13. The minimum atomic E-state index is -0.175. The molecule has 74 valence electrons. The highest BCUT2D eigenvalue weighted by Gasteiger charge is 2.24. The lowest BCUT2D eigenvalue weighted by atomic mass is 10.1. The predicted octanol–water partition coefficient (Wildman–Crippen LogP) is -0.657. The Labute approximate surface area is 82.5 Å². The first kappa shape index (κ1) is 8.96. The second kappa shape index (κ2) is 3.63. The van der Waals surface area contributed by atoms with Crippen molar-refractivity contribution in [2.45, 2.75) is 12.3 Å². The summed E-state index contributed by atoms with van der Waals surface area (Å²) in [5.74, 6) is 0.387. The van der Waals surface area contributed by atoms with Crippen molar-refractivity contribution in [3.05, 3.63) is 24.3 Å². The standard InChI is InChI=1S/C9H13N5/c1-11-8(10)14-9-12-6-4-2-3-5-7(6)13-9/h2-6,9,12H,1H3,(H3,10,11,14). The number of nitrogens with two attached hydrogens (primary N) is 1. The molecule has 0 amide bonds. The Morgan fingerprint density at radius 2 is 2.50 bits per heavy atom. The van der Waals surface area contributed by atoms with Gasteiger partial charge in [0.1, 0.15) is 0 Å². The van der Waals surface area contributed by atoms with Gasteiger partial charge in [-0.3, -0.25) is 10.3 Å². The summed E-state index contributed by atoms with van der Waals surface area (Å²) in [5, 5.41) is 6.19. The van der Waals surface area contributed by atoms with Crippen LogP contribution in [-0.2, 0) is 0 Å². The third-order valence-electron chi connectivity index (χ3n) is 2.14. The molecule has 0 saturated carbocycles. The van der Waals surface area contributed by atoms with Crippen molar-refractivity contribution in [3.63, 3.8) is 0 Å². The van der Waals surface area contributed by atoms with Gasteiger partial charge in [-0.2, -0.15) is 0 Å². The molecule has 2 aliphatic rings. The Bertz CT molecular complexity index is 339. The van der Waals surface area contributed by atoms with Gasteiger partial charge in [0.15, 0.2) is 12.2 Å². The summed E-state index contributed by atoms with van der Waals surface area (Å²) in [6.45, 7) is 0. The average molecular weight is 191 g/mol. The fraction of sp³-hybridized carbons (Fsp3) is 0.333. The summed E-state index contributed by atoms with van der Waals surface area (Å²) >= 11 is 0. The van der Waals surface area contributed by atoms with Gasteiger partial charge in [0.05, 0.1) is 11.8 Å². The second-order valence-electron chi connectivity index (χ2n) is 3.10. The van der Waals surface area contributed by atoms with E-state index in [9.17, 15) is 0 Å². The molecule has 1 heterocycles. The van der Waals surface area contributed by atoms with Gasteiger partial charge in [0.2, 0.25) is 0 Å². The zero-order valence-corrected chi connectivity index (χ0v) is 7.94. The van der Waals surface area contributed by atoms with Crippen molar-refractivity contribution in [2.24, 2.45) is 15.7 Å². The molecule has 14 heavy (non-hydrogen) atoms. The van der Waals surface area contributed by atoms with E-state index in [1.807, 2.05) is 18.2 Å². The number of nitrogens with zero attached hydrogens (tertiary/aromatic N) is 2. The zero-order chi connectivity index (χ0) is 9.97.